The first-order chi connectivity index (χ1) is 9.27. The van der Waals surface area contributed by atoms with Crippen LogP contribution in [-0.4, -0.2) is 29.3 Å². The molecule has 0 saturated carbocycles. The van der Waals surface area contributed by atoms with Crippen molar-refractivity contribution < 1.29 is 5.11 Å². The monoisotopic (exact) mass is 279 g/mol. The molecule has 0 aromatic heterocycles. The Kier molecular flexibility index (Phi) is 5.74. The van der Waals surface area contributed by atoms with Gasteiger partial charge in [-0.25, -0.2) is 0 Å². The quantitative estimate of drug-likeness (QED) is 0.783. The number of hydrogen-bond acceptors (Lipinski definition) is 3. The number of thioether (sulfide) groups is 1. The van der Waals surface area contributed by atoms with Gasteiger partial charge in [0.15, 0.2) is 0 Å². The van der Waals surface area contributed by atoms with Gasteiger partial charge in [-0.2, -0.15) is 11.8 Å². The van der Waals surface area contributed by atoms with E-state index in [0.717, 1.165) is 18.7 Å². The first kappa shape index (κ1) is 14.9. The topological polar surface area (TPSA) is 32.3 Å². The van der Waals surface area contributed by atoms with E-state index >= 15 is 0 Å². The smallest absolute Gasteiger partial charge is 0.0443 e. The number of fused-ring (bicyclic) bond motifs is 1. The predicted octanol–water partition coefficient (Wildman–Crippen LogP) is 3.33. The van der Waals surface area contributed by atoms with Crippen molar-refractivity contribution in [3.05, 3.63) is 35.4 Å². The molecule has 0 heterocycles. The largest absolute Gasteiger partial charge is 0.396 e. The number of hydrogen-bond donors (Lipinski definition) is 2. The maximum absolute atomic E-state index is 8.95. The van der Waals surface area contributed by atoms with Crippen LogP contribution in [-0.2, 0) is 0 Å². The lowest BCUT2D eigenvalue weighted by Gasteiger charge is -2.37. The van der Waals surface area contributed by atoms with Crippen LogP contribution in [0.5, 0.6) is 0 Å². The second-order valence-corrected chi connectivity index (χ2v) is 6.63. The molecule has 2 rings (SSSR count). The molecular formula is C16H25NOS. The third-order valence-electron chi connectivity index (χ3n) is 3.88. The predicted molar refractivity (Wildman–Crippen MR) is 83.8 cm³/mol. The number of nitrogens with one attached hydrogen (secondary N) is 1. The summed E-state index contributed by atoms with van der Waals surface area (Å²) >= 11 is 2.01. The average molecular weight is 279 g/mol. The summed E-state index contributed by atoms with van der Waals surface area (Å²) in [6.07, 6.45) is 2.13. The zero-order valence-electron chi connectivity index (χ0n) is 11.9. The van der Waals surface area contributed by atoms with Gasteiger partial charge in [0.25, 0.3) is 0 Å². The summed E-state index contributed by atoms with van der Waals surface area (Å²) in [6, 6.07) is 9.31. The number of rotatable bonds is 6. The Morgan fingerprint density at radius 3 is 2.74 bits per heavy atom. The Morgan fingerprint density at radius 2 is 2.05 bits per heavy atom. The molecule has 0 fully saturated rings. The van der Waals surface area contributed by atoms with Gasteiger partial charge in [-0.05, 0) is 42.2 Å². The fourth-order valence-electron chi connectivity index (χ4n) is 2.98. The van der Waals surface area contributed by atoms with Gasteiger partial charge in [-0.15, -0.1) is 0 Å². The molecule has 19 heavy (non-hydrogen) atoms. The van der Waals surface area contributed by atoms with Gasteiger partial charge in [-0.3, -0.25) is 0 Å². The molecule has 0 bridgehead atoms. The summed E-state index contributed by atoms with van der Waals surface area (Å²) < 4.78 is 0. The Bertz CT molecular complexity index is 396. The molecule has 3 unspecified atom stereocenters. The van der Waals surface area contributed by atoms with Gasteiger partial charge >= 0.3 is 0 Å². The van der Waals surface area contributed by atoms with Crippen LogP contribution >= 0.6 is 11.8 Å². The number of benzene rings is 1. The molecule has 1 aromatic carbocycles. The van der Waals surface area contributed by atoms with Crippen molar-refractivity contribution in [3.8, 4) is 0 Å². The minimum atomic E-state index is 0.303. The molecular weight excluding hydrogens is 254 g/mol. The molecule has 3 heteroatoms. The zero-order chi connectivity index (χ0) is 13.7. The molecule has 0 amide bonds. The van der Waals surface area contributed by atoms with Crippen LogP contribution in [0.15, 0.2) is 24.3 Å². The van der Waals surface area contributed by atoms with Crippen molar-refractivity contribution in [2.45, 2.75) is 43.9 Å². The minimum absolute atomic E-state index is 0.303. The van der Waals surface area contributed by atoms with E-state index in [1.807, 2.05) is 11.8 Å². The standard InChI is InChI=1S/C16H25NOS/c1-3-17-16-14-8-5-4-7-13(14)12(2)11-15(16)19-10-6-9-18/h4-5,7-8,12,15-18H,3,6,9-11H2,1-2H3. The summed E-state index contributed by atoms with van der Waals surface area (Å²) in [5.41, 5.74) is 2.98. The second kappa shape index (κ2) is 7.32. The Morgan fingerprint density at radius 1 is 1.32 bits per heavy atom. The van der Waals surface area contributed by atoms with Gasteiger partial charge in [-0.1, -0.05) is 38.1 Å². The average Bonchev–Trinajstić information content (AvgIpc) is 2.43. The van der Waals surface area contributed by atoms with Crippen molar-refractivity contribution in [2.24, 2.45) is 0 Å². The normalized spacial score (nSPS) is 26.2. The first-order valence-corrected chi connectivity index (χ1v) is 8.37. The van der Waals surface area contributed by atoms with Crippen molar-refractivity contribution in [2.75, 3.05) is 18.9 Å². The lowest BCUT2D eigenvalue weighted by molar-refractivity contribution is 0.296. The molecule has 1 aliphatic carbocycles. The molecule has 0 spiro atoms. The zero-order valence-corrected chi connectivity index (χ0v) is 12.7. The second-order valence-electron chi connectivity index (χ2n) is 5.29. The summed E-state index contributed by atoms with van der Waals surface area (Å²) in [5.74, 6) is 1.69. The molecule has 106 valence electrons. The van der Waals surface area contributed by atoms with Gasteiger partial charge in [0.05, 0.1) is 0 Å². The van der Waals surface area contributed by atoms with E-state index in [2.05, 4.69) is 43.4 Å². The number of aliphatic hydroxyl groups is 1. The van der Waals surface area contributed by atoms with Crippen molar-refractivity contribution >= 4 is 11.8 Å². The molecule has 0 saturated heterocycles. The Labute approximate surface area is 121 Å². The van der Waals surface area contributed by atoms with Crippen LogP contribution in [0.1, 0.15) is 49.8 Å². The molecule has 2 N–H and O–H groups in total. The van der Waals surface area contributed by atoms with Crippen LogP contribution in [0.4, 0.5) is 0 Å². The molecule has 1 aliphatic rings. The lowest BCUT2D eigenvalue weighted by Crippen LogP contribution is -2.35. The van der Waals surface area contributed by atoms with E-state index < -0.39 is 0 Å². The van der Waals surface area contributed by atoms with Crippen molar-refractivity contribution in [1.29, 1.82) is 0 Å². The van der Waals surface area contributed by atoms with Crippen molar-refractivity contribution in [1.82, 2.24) is 5.32 Å². The lowest BCUT2D eigenvalue weighted by atomic mass is 9.80. The summed E-state index contributed by atoms with van der Waals surface area (Å²) in [5, 5.41) is 13.2. The highest BCUT2D eigenvalue weighted by Gasteiger charge is 2.32. The van der Waals surface area contributed by atoms with Gasteiger partial charge in [0, 0.05) is 17.9 Å². The molecule has 2 nitrogen and oxygen atoms in total. The van der Waals surface area contributed by atoms with Crippen molar-refractivity contribution in [3.63, 3.8) is 0 Å². The Hall–Kier alpha value is -0.510. The first-order valence-electron chi connectivity index (χ1n) is 7.32. The third-order valence-corrected chi connectivity index (χ3v) is 5.30. The SMILES string of the molecule is CCNC1c2ccccc2C(C)CC1SCCCO. The summed E-state index contributed by atoms with van der Waals surface area (Å²) in [7, 11) is 0. The summed E-state index contributed by atoms with van der Waals surface area (Å²) in [6.45, 7) is 5.82. The van der Waals surface area contributed by atoms with E-state index in [1.165, 1.54) is 17.5 Å². The molecule has 0 aliphatic heterocycles. The maximum atomic E-state index is 8.95. The fourth-order valence-corrected chi connectivity index (χ4v) is 4.44. The highest BCUT2D eigenvalue weighted by atomic mass is 32.2. The van der Waals surface area contributed by atoms with Gasteiger partial charge in [0.1, 0.15) is 0 Å². The fraction of sp³-hybridized carbons (Fsp3) is 0.625. The number of aliphatic hydroxyl groups excluding tert-OH is 1. The van der Waals surface area contributed by atoms with Crippen LogP contribution in [0.2, 0.25) is 0 Å². The van der Waals surface area contributed by atoms with Crippen LogP contribution in [0.3, 0.4) is 0 Å². The molecule has 0 radical (unpaired) electrons. The van der Waals surface area contributed by atoms with E-state index in [1.54, 1.807) is 0 Å². The minimum Gasteiger partial charge on any atom is -0.396 e. The van der Waals surface area contributed by atoms with E-state index in [0.29, 0.717) is 23.8 Å². The van der Waals surface area contributed by atoms with E-state index in [4.69, 9.17) is 5.11 Å². The van der Waals surface area contributed by atoms with Gasteiger partial charge in [0.2, 0.25) is 0 Å². The Balaban J connectivity index is 2.17. The van der Waals surface area contributed by atoms with E-state index in [-0.39, 0.29) is 0 Å². The van der Waals surface area contributed by atoms with Gasteiger partial charge < -0.3 is 10.4 Å². The summed E-state index contributed by atoms with van der Waals surface area (Å²) in [4.78, 5) is 0. The van der Waals surface area contributed by atoms with Crippen LogP contribution < -0.4 is 5.32 Å². The van der Waals surface area contributed by atoms with Crippen LogP contribution in [0, 0.1) is 0 Å². The van der Waals surface area contributed by atoms with E-state index in [9.17, 15) is 0 Å². The third kappa shape index (κ3) is 3.53. The maximum Gasteiger partial charge on any atom is 0.0443 e. The molecule has 1 aromatic rings. The highest BCUT2D eigenvalue weighted by molar-refractivity contribution is 7.99. The molecule has 3 atom stereocenters. The highest BCUT2D eigenvalue weighted by Crippen LogP contribution is 2.42. The van der Waals surface area contributed by atoms with Crippen LogP contribution in [0.25, 0.3) is 0 Å².